The zero-order valence-corrected chi connectivity index (χ0v) is 16.7. The van der Waals surface area contributed by atoms with E-state index in [2.05, 4.69) is 87.7 Å². The van der Waals surface area contributed by atoms with Gasteiger partial charge >= 0.3 is 0 Å². The predicted octanol–water partition coefficient (Wildman–Crippen LogP) is 4.22. The van der Waals surface area contributed by atoms with E-state index in [9.17, 15) is 0 Å². The Labute approximate surface area is 168 Å². The third kappa shape index (κ3) is 4.70. The van der Waals surface area contributed by atoms with Crippen molar-refractivity contribution in [3.8, 4) is 11.3 Å². The topological polar surface area (TPSA) is 35.2 Å². The van der Waals surface area contributed by atoms with Gasteiger partial charge in [0, 0.05) is 31.2 Å². The summed E-state index contributed by atoms with van der Waals surface area (Å²) in [4.78, 5) is 5.14. The van der Waals surface area contributed by atoms with Crippen LogP contribution < -0.4 is 0 Å². The smallest absolute Gasteiger partial charge is 0.0695 e. The largest absolute Gasteiger partial charge is 0.301 e. The highest BCUT2D eigenvalue weighted by molar-refractivity contribution is 5.62. The zero-order chi connectivity index (χ0) is 19.2. The molecule has 4 heteroatoms. The molecular weight excluding hydrogens is 344 g/mol. The molecule has 146 valence electrons. The van der Waals surface area contributed by atoms with E-state index < -0.39 is 0 Å². The summed E-state index contributed by atoms with van der Waals surface area (Å²) < 4.78 is 0. The number of nitrogens with zero attached hydrogens (tertiary/aromatic N) is 3. The molecule has 4 rings (SSSR count). The van der Waals surface area contributed by atoms with Gasteiger partial charge in [0.25, 0.3) is 0 Å². The van der Waals surface area contributed by atoms with Crippen LogP contribution in [0.2, 0.25) is 0 Å². The lowest BCUT2D eigenvalue weighted by molar-refractivity contribution is 0.113. The monoisotopic (exact) mass is 374 g/mol. The van der Waals surface area contributed by atoms with Crippen molar-refractivity contribution in [1.82, 2.24) is 20.0 Å². The van der Waals surface area contributed by atoms with Crippen LogP contribution in [0.15, 0.2) is 66.9 Å². The molecule has 0 bridgehead atoms. The van der Waals surface area contributed by atoms with Crippen molar-refractivity contribution in [2.75, 3.05) is 26.7 Å². The van der Waals surface area contributed by atoms with Gasteiger partial charge < -0.3 is 4.90 Å². The minimum absolute atomic E-state index is 0.600. The van der Waals surface area contributed by atoms with Crippen LogP contribution in [0.3, 0.4) is 0 Å². The fourth-order valence-corrected chi connectivity index (χ4v) is 4.21. The normalized spacial score (nSPS) is 17.9. The third-order valence-electron chi connectivity index (χ3n) is 5.86. The quantitative estimate of drug-likeness (QED) is 0.673. The molecule has 4 nitrogen and oxygen atoms in total. The Bertz CT molecular complexity index is 843. The summed E-state index contributed by atoms with van der Waals surface area (Å²) in [6.07, 6.45) is 5.67. The first-order chi connectivity index (χ1) is 13.8. The first kappa shape index (κ1) is 18.9. The molecule has 2 heterocycles. The molecule has 3 aromatic rings. The minimum atomic E-state index is 0.600. The molecule has 1 aliphatic rings. The second kappa shape index (κ2) is 9.18. The molecule has 1 fully saturated rings. The van der Waals surface area contributed by atoms with E-state index in [1.54, 1.807) is 0 Å². The Morgan fingerprint density at radius 1 is 1.07 bits per heavy atom. The van der Waals surface area contributed by atoms with Crippen molar-refractivity contribution in [3.05, 3.63) is 78.0 Å². The van der Waals surface area contributed by atoms with Crippen LogP contribution in [0.5, 0.6) is 0 Å². The standard InChI is InChI=1S/C24H30N4/c1-27(18-22-17-25-26-24(22)21-11-6-3-7-12-21)23-13-8-15-28(19-23)16-14-20-9-4-2-5-10-20/h2-7,9-12,17,23H,8,13-16,18-19H2,1H3,(H,25,26)/t23-/m0/s1. The summed E-state index contributed by atoms with van der Waals surface area (Å²) >= 11 is 0. The van der Waals surface area contributed by atoms with Crippen LogP contribution in [0.4, 0.5) is 0 Å². The van der Waals surface area contributed by atoms with Gasteiger partial charge in [-0.25, -0.2) is 0 Å². The molecule has 1 aliphatic heterocycles. The Morgan fingerprint density at radius 3 is 2.61 bits per heavy atom. The molecule has 1 N–H and O–H groups in total. The van der Waals surface area contributed by atoms with Crippen molar-refractivity contribution >= 4 is 0 Å². The number of hydrogen-bond acceptors (Lipinski definition) is 3. The number of rotatable bonds is 7. The highest BCUT2D eigenvalue weighted by Crippen LogP contribution is 2.24. The van der Waals surface area contributed by atoms with E-state index >= 15 is 0 Å². The maximum Gasteiger partial charge on any atom is 0.0695 e. The van der Waals surface area contributed by atoms with Crippen LogP contribution in [0.25, 0.3) is 11.3 Å². The number of likely N-dealkylation sites (N-methyl/N-ethyl adjacent to an activating group) is 1. The van der Waals surface area contributed by atoms with Gasteiger partial charge in [0.1, 0.15) is 0 Å². The van der Waals surface area contributed by atoms with E-state index in [-0.39, 0.29) is 0 Å². The van der Waals surface area contributed by atoms with Crippen molar-refractivity contribution in [1.29, 1.82) is 0 Å². The van der Waals surface area contributed by atoms with Crippen LogP contribution in [0.1, 0.15) is 24.0 Å². The predicted molar refractivity (Wildman–Crippen MR) is 115 cm³/mol. The Hall–Kier alpha value is -2.43. The molecule has 28 heavy (non-hydrogen) atoms. The number of aromatic amines is 1. The number of benzene rings is 2. The average molecular weight is 375 g/mol. The van der Waals surface area contributed by atoms with E-state index in [1.165, 1.54) is 36.1 Å². The molecule has 1 aromatic heterocycles. The van der Waals surface area contributed by atoms with Crippen LogP contribution >= 0.6 is 0 Å². The SMILES string of the molecule is CN(Cc1cn[nH]c1-c1ccccc1)[C@H]1CCCN(CCc2ccccc2)C1. The second-order valence-electron chi connectivity index (χ2n) is 7.88. The minimum Gasteiger partial charge on any atom is -0.301 e. The zero-order valence-electron chi connectivity index (χ0n) is 16.7. The van der Waals surface area contributed by atoms with Crippen molar-refractivity contribution in [2.24, 2.45) is 0 Å². The first-order valence-electron chi connectivity index (χ1n) is 10.3. The summed E-state index contributed by atoms with van der Waals surface area (Å²) in [5.74, 6) is 0. The molecule has 0 unspecified atom stereocenters. The second-order valence-corrected chi connectivity index (χ2v) is 7.88. The lowest BCUT2D eigenvalue weighted by Gasteiger charge is -2.37. The van der Waals surface area contributed by atoms with Gasteiger partial charge in [0.2, 0.25) is 0 Å². The molecule has 0 radical (unpaired) electrons. The lowest BCUT2D eigenvalue weighted by Crippen LogP contribution is -2.46. The summed E-state index contributed by atoms with van der Waals surface area (Å²) in [5.41, 5.74) is 5.06. The third-order valence-corrected chi connectivity index (χ3v) is 5.86. The van der Waals surface area contributed by atoms with Gasteiger partial charge in [-0.2, -0.15) is 5.10 Å². The van der Waals surface area contributed by atoms with Crippen molar-refractivity contribution in [2.45, 2.75) is 31.8 Å². The number of likely N-dealkylation sites (tertiary alicyclic amines) is 1. The summed E-state index contributed by atoms with van der Waals surface area (Å²) in [6.45, 7) is 4.45. The van der Waals surface area contributed by atoms with Crippen LogP contribution in [0, 0.1) is 0 Å². The van der Waals surface area contributed by atoms with E-state index in [4.69, 9.17) is 0 Å². The molecule has 0 amide bonds. The summed E-state index contributed by atoms with van der Waals surface area (Å²) in [7, 11) is 2.26. The molecule has 0 spiro atoms. The molecular formula is C24H30N4. The van der Waals surface area contributed by atoms with Gasteiger partial charge in [0.05, 0.1) is 11.9 Å². The van der Waals surface area contributed by atoms with Crippen LogP contribution in [-0.4, -0.2) is 52.7 Å². The number of H-pyrrole nitrogens is 1. The molecule has 0 saturated carbocycles. The number of hydrogen-bond donors (Lipinski definition) is 1. The molecule has 1 saturated heterocycles. The molecule has 2 aromatic carbocycles. The van der Waals surface area contributed by atoms with Gasteiger partial charge in [0.15, 0.2) is 0 Å². The Balaban J connectivity index is 1.35. The maximum absolute atomic E-state index is 4.31. The fraction of sp³-hybridized carbons (Fsp3) is 0.375. The lowest BCUT2D eigenvalue weighted by atomic mass is 10.0. The van der Waals surface area contributed by atoms with E-state index in [1.807, 2.05) is 6.20 Å². The summed E-state index contributed by atoms with van der Waals surface area (Å²) in [6, 6.07) is 21.9. The number of nitrogens with one attached hydrogen (secondary N) is 1. The van der Waals surface area contributed by atoms with Crippen molar-refractivity contribution in [3.63, 3.8) is 0 Å². The summed E-state index contributed by atoms with van der Waals surface area (Å²) in [5, 5.41) is 7.50. The van der Waals surface area contributed by atoms with Gasteiger partial charge in [-0.15, -0.1) is 0 Å². The molecule has 0 aliphatic carbocycles. The maximum atomic E-state index is 4.31. The molecule has 1 atom stereocenters. The van der Waals surface area contributed by atoms with Gasteiger partial charge in [-0.05, 0) is 44.0 Å². The van der Waals surface area contributed by atoms with Gasteiger partial charge in [-0.3, -0.25) is 10.00 Å². The number of aromatic nitrogens is 2. The van der Waals surface area contributed by atoms with E-state index in [0.29, 0.717) is 6.04 Å². The average Bonchev–Trinajstić information content (AvgIpc) is 3.22. The Kier molecular flexibility index (Phi) is 6.20. The fourth-order valence-electron chi connectivity index (χ4n) is 4.21. The first-order valence-corrected chi connectivity index (χ1v) is 10.3. The van der Waals surface area contributed by atoms with Crippen LogP contribution in [-0.2, 0) is 13.0 Å². The van der Waals surface area contributed by atoms with E-state index in [0.717, 1.165) is 31.7 Å². The highest BCUT2D eigenvalue weighted by atomic mass is 15.2. The van der Waals surface area contributed by atoms with Crippen molar-refractivity contribution < 1.29 is 0 Å². The highest BCUT2D eigenvalue weighted by Gasteiger charge is 2.24. The Morgan fingerprint density at radius 2 is 1.82 bits per heavy atom. The number of piperidine rings is 1. The van der Waals surface area contributed by atoms with Gasteiger partial charge in [-0.1, -0.05) is 60.7 Å².